The predicted octanol–water partition coefficient (Wildman–Crippen LogP) is 3.87. The van der Waals surface area contributed by atoms with E-state index in [0.29, 0.717) is 27.2 Å². The highest BCUT2D eigenvalue weighted by atomic mass is 35.5. The molecule has 1 aliphatic heterocycles. The molecule has 1 unspecified atom stereocenters. The Bertz CT molecular complexity index is 643. The minimum atomic E-state index is -0.716. The maximum atomic E-state index is 10.2. The first-order chi connectivity index (χ1) is 10.1. The Morgan fingerprint density at radius 2 is 1.81 bits per heavy atom. The molecular weight excluding hydrogens is 313 g/mol. The monoisotopic (exact) mass is 325 g/mol. The summed E-state index contributed by atoms with van der Waals surface area (Å²) in [5.74, 6) is 1.33. The van der Waals surface area contributed by atoms with Gasteiger partial charge in [0.2, 0.25) is 6.79 Å². The summed E-state index contributed by atoms with van der Waals surface area (Å²) >= 11 is 12.1. The van der Waals surface area contributed by atoms with Gasteiger partial charge < -0.3 is 19.9 Å². The molecule has 110 valence electrons. The summed E-state index contributed by atoms with van der Waals surface area (Å²) < 4.78 is 10.5. The van der Waals surface area contributed by atoms with Crippen LogP contribution < -0.4 is 14.8 Å². The number of hydrogen-bond donors (Lipinski definition) is 2. The molecule has 0 saturated carbocycles. The lowest BCUT2D eigenvalue weighted by Crippen LogP contribution is -2.12. The van der Waals surface area contributed by atoms with E-state index in [1.165, 1.54) is 0 Å². The van der Waals surface area contributed by atoms with Crippen LogP contribution in [0.2, 0.25) is 10.0 Å². The molecule has 0 radical (unpaired) electrons. The largest absolute Gasteiger partial charge is 0.454 e. The summed E-state index contributed by atoms with van der Waals surface area (Å²) in [6.07, 6.45) is -0.716. The smallest absolute Gasteiger partial charge is 0.231 e. The van der Waals surface area contributed by atoms with Crippen LogP contribution in [0.5, 0.6) is 11.5 Å². The fraction of sp³-hybridized carbons (Fsp3) is 0.200. The van der Waals surface area contributed by atoms with Gasteiger partial charge in [-0.15, -0.1) is 0 Å². The maximum absolute atomic E-state index is 10.2. The van der Waals surface area contributed by atoms with Gasteiger partial charge in [-0.05, 0) is 29.8 Å². The first-order valence-corrected chi connectivity index (χ1v) is 7.16. The van der Waals surface area contributed by atoms with E-state index in [1.807, 2.05) is 0 Å². The molecule has 0 spiro atoms. The molecule has 1 aliphatic rings. The molecule has 2 N–H and O–H groups in total. The highest BCUT2D eigenvalue weighted by Gasteiger charge is 2.17. The quantitative estimate of drug-likeness (QED) is 0.896. The van der Waals surface area contributed by atoms with Crippen molar-refractivity contribution in [2.45, 2.75) is 6.10 Å². The molecule has 0 bridgehead atoms. The molecule has 2 aromatic rings. The number of benzene rings is 2. The second-order valence-electron chi connectivity index (χ2n) is 4.61. The number of hydrogen-bond acceptors (Lipinski definition) is 4. The lowest BCUT2D eigenvalue weighted by molar-refractivity contribution is 0.173. The van der Waals surface area contributed by atoms with Crippen molar-refractivity contribution in [3.8, 4) is 11.5 Å². The van der Waals surface area contributed by atoms with E-state index in [0.717, 1.165) is 5.56 Å². The number of halogens is 2. The van der Waals surface area contributed by atoms with Crippen LogP contribution in [0.15, 0.2) is 36.4 Å². The average Bonchev–Trinajstić information content (AvgIpc) is 2.93. The van der Waals surface area contributed by atoms with E-state index < -0.39 is 6.10 Å². The Balaban J connectivity index is 1.70. The van der Waals surface area contributed by atoms with Crippen LogP contribution in [0.1, 0.15) is 11.7 Å². The predicted molar refractivity (Wildman–Crippen MR) is 82.5 cm³/mol. The molecule has 0 saturated heterocycles. The van der Waals surface area contributed by atoms with E-state index in [-0.39, 0.29) is 13.3 Å². The van der Waals surface area contributed by atoms with Gasteiger partial charge in [-0.1, -0.05) is 35.3 Å². The average molecular weight is 326 g/mol. The second kappa shape index (κ2) is 6.02. The first-order valence-electron chi connectivity index (χ1n) is 6.40. The topological polar surface area (TPSA) is 50.7 Å². The minimum Gasteiger partial charge on any atom is -0.454 e. The zero-order valence-electron chi connectivity index (χ0n) is 11.0. The summed E-state index contributed by atoms with van der Waals surface area (Å²) in [5, 5.41) is 14.3. The number of aliphatic hydroxyl groups is 1. The van der Waals surface area contributed by atoms with Crippen molar-refractivity contribution < 1.29 is 14.6 Å². The molecule has 0 amide bonds. The molecule has 2 aromatic carbocycles. The molecule has 3 rings (SSSR count). The maximum Gasteiger partial charge on any atom is 0.231 e. The van der Waals surface area contributed by atoms with Gasteiger partial charge in [-0.3, -0.25) is 0 Å². The Morgan fingerprint density at radius 3 is 2.57 bits per heavy atom. The van der Waals surface area contributed by atoms with Gasteiger partial charge >= 0.3 is 0 Å². The van der Waals surface area contributed by atoms with Crippen molar-refractivity contribution in [2.75, 3.05) is 18.7 Å². The van der Waals surface area contributed by atoms with E-state index >= 15 is 0 Å². The minimum absolute atomic E-state index is 0.211. The number of para-hydroxylation sites is 1. The zero-order valence-corrected chi connectivity index (χ0v) is 12.5. The van der Waals surface area contributed by atoms with Gasteiger partial charge in [0, 0.05) is 6.54 Å². The highest BCUT2D eigenvalue weighted by molar-refractivity contribution is 6.39. The van der Waals surface area contributed by atoms with Gasteiger partial charge in [0.25, 0.3) is 0 Å². The molecular formula is C15H13Cl2NO3. The molecule has 1 heterocycles. The summed E-state index contributed by atoms with van der Waals surface area (Å²) in [6, 6.07) is 10.6. The summed E-state index contributed by atoms with van der Waals surface area (Å²) in [6.45, 7) is 0.492. The van der Waals surface area contributed by atoms with Gasteiger partial charge in [-0.2, -0.15) is 0 Å². The Kier molecular flexibility index (Phi) is 4.10. The van der Waals surface area contributed by atoms with Gasteiger partial charge in [0.1, 0.15) is 0 Å². The lowest BCUT2D eigenvalue weighted by Gasteiger charge is -2.15. The van der Waals surface area contributed by atoms with E-state index in [4.69, 9.17) is 32.7 Å². The Labute approximate surface area is 132 Å². The van der Waals surface area contributed by atoms with Crippen molar-refractivity contribution in [1.82, 2.24) is 0 Å². The van der Waals surface area contributed by atoms with Crippen LogP contribution in [-0.2, 0) is 0 Å². The number of ether oxygens (including phenoxy) is 2. The zero-order chi connectivity index (χ0) is 14.8. The fourth-order valence-electron chi connectivity index (χ4n) is 2.10. The normalized spacial score (nSPS) is 14.0. The molecule has 6 heteroatoms. The van der Waals surface area contributed by atoms with Crippen LogP contribution in [0.4, 0.5) is 5.69 Å². The van der Waals surface area contributed by atoms with E-state index in [9.17, 15) is 5.11 Å². The van der Waals surface area contributed by atoms with Gasteiger partial charge in [0.15, 0.2) is 11.5 Å². The molecule has 0 fully saturated rings. The fourth-order valence-corrected chi connectivity index (χ4v) is 2.63. The van der Waals surface area contributed by atoms with E-state index in [2.05, 4.69) is 5.32 Å². The molecule has 0 aromatic heterocycles. The second-order valence-corrected chi connectivity index (χ2v) is 5.42. The van der Waals surface area contributed by atoms with Crippen LogP contribution >= 0.6 is 23.2 Å². The Morgan fingerprint density at radius 1 is 1.10 bits per heavy atom. The van der Waals surface area contributed by atoms with Crippen molar-refractivity contribution in [3.05, 3.63) is 52.0 Å². The number of fused-ring (bicyclic) bond motifs is 1. The molecule has 1 atom stereocenters. The number of rotatable bonds is 4. The number of nitrogens with one attached hydrogen (secondary N) is 1. The van der Waals surface area contributed by atoms with Crippen molar-refractivity contribution >= 4 is 28.9 Å². The van der Waals surface area contributed by atoms with Crippen LogP contribution in [0, 0.1) is 0 Å². The first kappa shape index (κ1) is 14.3. The Hall–Kier alpha value is -1.62. The van der Waals surface area contributed by atoms with Crippen LogP contribution in [-0.4, -0.2) is 18.4 Å². The SMILES string of the molecule is OC(CNc1c(Cl)cccc1Cl)c1ccc2c(c1)OCO2. The molecule has 21 heavy (non-hydrogen) atoms. The third-order valence-electron chi connectivity index (χ3n) is 3.22. The van der Waals surface area contributed by atoms with Crippen molar-refractivity contribution in [1.29, 1.82) is 0 Å². The standard InChI is InChI=1S/C15H13Cl2NO3/c16-10-2-1-3-11(17)15(10)18-7-12(19)9-4-5-13-14(6-9)21-8-20-13/h1-6,12,18-19H,7-8H2. The number of anilines is 1. The third-order valence-corrected chi connectivity index (χ3v) is 3.85. The van der Waals surface area contributed by atoms with Crippen molar-refractivity contribution in [3.63, 3.8) is 0 Å². The highest BCUT2D eigenvalue weighted by Crippen LogP contribution is 2.35. The van der Waals surface area contributed by atoms with Crippen LogP contribution in [0.3, 0.4) is 0 Å². The third kappa shape index (κ3) is 3.02. The lowest BCUT2D eigenvalue weighted by atomic mass is 10.1. The molecule has 4 nitrogen and oxygen atoms in total. The van der Waals surface area contributed by atoms with Gasteiger partial charge in [0.05, 0.1) is 21.8 Å². The molecule has 0 aliphatic carbocycles. The van der Waals surface area contributed by atoms with E-state index in [1.54, 1.807) is 36.4 Å². The van der Waals surface area contributed by atoms with Crippen LogP contribution in [0.25, 0.3) is 0 Å². The summed E-state index contributed by atoms with van der Waals surface area (Å²) in [5.41, 5.74) is 1.34. The summed E-state index contributed by atoms with van der Waals surface area (Å²) in [4.78, 5) is 0. The van der Waals surface area contributed by atoms with Gasteiger partial charge in [-0.25, -0.2) is 0 Å². The summed E-state index contributed by atoms with van der Waals surface area (Å²) in [7, 11) is 0. The number of aliphatic hydroxyl groups excluding tert-OH is 1. The van der Waals surface area contributed by atoms with Crippen molar-refractivity contribution in [2.24, 2.45) is 0 Å².